The molecule has 104 valence electrons. The molecule has 1 aromatic heterocycles. The first-order chi connectivity index (χ1) is 8.23. The van der Waals surface area contributed by atoms with Crippen LogP contribution in [0.5, 0.6) is 0 Å². The van der Waals surface area contributed by atoms with Gasteiger partial charge in [0.2, 0.25) is 0 Å². The van der Waals surface area contributed by atoms with E-state index in [1.165, 1.54) is 6.33 Å². The van der Waals surface area contributed by atoms with Crippen molar-refractivity contribution >= 4 is 9.84 Å². The van der Waals surface area contributed by atoms with E-state index in [-0.39, 0.29) is 17.0 Å². The minimum Gasteiger partial charge on any atom is -0.305 e. The zero-order valence-corrected chi connectivity index (χ0v) is 12.3. The molecule has 7 heteroatoms. The summed E-state index contributed by atoms with van der Waals surface area (Å²) in [7, 11) is -2.96. The molecule has 0 unspecified atom stereocenters. The van der Waals surface area contributed by atoms with Gasteiger partial charge in [-0.25, -0.2) is 18.1 Å². The molecule has 6 nitrogen and oxygen atoms in total. The lowest BCUT2D eigenvalue weighted by Crippen LogP contribution is -2.36. The lowest BCUT2D eigenvalue weighted by atomic mass is 10.1. The first kappa shape index (κ1) is 15.1. The zero-order chi connectivity index (χ0) is 13.8. The van der Waals surface area contributed by atoms with Gasteiger partial charge in [0.05, 0.1) is 18.8 Å². The Kier molecular flexibility index (Phi) is 4.86. The average molecular weight is 274 g/mol. The summed E-state index contributed by atoms with van der Waals surface area (Å²) in [5.41, 5.74) is -0.00766. The SMILES string of the molecule is CCS(=O)(=O)CCn1ncnc1CNC(C)(C)C. The fourth-order valence-corrected chi connectivity index (χ4v) is 2.07. The maximum atomic E-state index is 11.4. The van der Waals surface area contributed by atoms with Crippen molar-refractivity contribution in [3.63, 3.8) is 0 Å². The number of hydrogen-bond donors (Lipinski definition) is 1. The van der Waals surface area contributed by atoms with Crippen LogP contribution in [0.2, 0.25) is 0 Å². The molecule has 1 N–H and O–H groups in total. The smallest absolute Gasteiger partial charge is 0.151 e. The lowest BCUT2D eigenvalue weighted by Gasteiger charge is -2.20. The predicted molar refractivity (Wildman–Crippen MR) is 70.9 cm³/mol. The maximum Gasteiger partial charge on any atom is 0.151 e. The van der Waals surface area contributed by atoms with Gasteiger partial charge in [0, 0.05) is 11.3 Å². The number of aromatic nitrogens is 3. The first-order valence-corrected chi connectivity index (χ1v) is 7.88. The third-order valence-electron chi connectivity index (χ3n) is 2.53. The molecule has 0 aliphatic heterocycles. The molecule has 0 aromatic carbocycles. The van der Waals surface area contributed by atoms with Gasteiger partial charge in [-0.3, -0.25) is 0 Å². The topological polar surface area (TPSA) is 76.9 Å². The number of sulfone groups is 1. The normalized spacial score (nSPS) is 12.9. The van der Waals surface area contributed by atoms with Crippen LogP contribution in [0.15, 0.2) is 6.33 Å². The minimum atomic E-state index is -2.96. The maximum absolute atomic E-state index is 11.4. The van der Waals surface area contributed by atoms with Crippen molar-refractivity contribution in [3.05, 3.63) is 12.2 Å². The second-order valence-electron chi connectivity index (χ2n) is 5.24. The van der Waals surface area contributed by atoms with Gasteiger partial charge in [-0.15, -0.1) is 0 Å². The molecule has 1 rings (SSSR count). The van der Waals surface area contributed by atoms with E-state index in [0.717, 1.165) is 5.82 Å². The Hall–Kier alpha value is -0.950. The van der Waals surface area contributed by atoms with Crippen LogP contribution in [0.3, 0.4) is 0 Å². The average Bonchev–Trinajstić information content (AvgIpc) is 2.70. The molecule has 1 heterocycles. The van der Waals surface area contributed by atoms with Crippen LogP contribution in [-0.2, 0) is 22.9 Å². The second-order valence-corrected chi connectivity index (χ2v) is 7.71. The number of nitrogens with one attached hydrogen (secondary N) is 1. The van der Waals surface area contributed by atoms with E-state index in [0.29, 0.717) is 13.1 Å². The van der Waals surface area contributed by atoms with E-state index >= 15 is 0 Å². The van der Waals surface area contributed by atoms with Crippen LogP contribution in [-0.4, -0.2) is 40.2 Å². The second kappa shape index (κ2) is 5.79. The predicted octanol–water partition coefficient (Wildman–Crippen LogP) is 0.601. The van der Waals surface area contributed by atoms with Crippen LogP contribution in [0.4, 0.5) is 0 Å². The molecule has 0 saturated carbocycles. The van der Waals surface area contributed by atoms with Crippen molar-refractivity contribution in [1.82, 2.24) is 20.1 Å². The molecule has 0 aliphatic carbocycles. The molecule has 0 saturated heterocycles. The van der Waals surface area contributed by atoms with E-state index in [1.54, 1.807) is 11.6 Å². The molecule has 0 fully saturated rings. The molecule has 0 amide bonds. The quantitative estimate of drug-likeness (QED) is 0.822. The van der Waals surface area contributed by atoms with Gasteiger partial charge in [-0.2, -0.15) is 5.10 Å². The van der Waals surface area contributed by atoms with Gasteiger partial charge in [-0.1, -0.05) is 6.92 Å². The van der Waals surface area contributed by atoms with Crippen LogP contribution >= 0.6 is 0 Å². The largest absolute Gasteiger partial charge is 0.305 e. The third-order valence-corrected chi connectivity index (χ3v) is 4.21. The highest BCUT2D eigenvalue weighted by atomic mass is 32.2. The lowest BCUT2D eigenvalue weighted by molar-refractivity contribution is 0.409. The summed E-state index contributed by atoms with van der Waals surface area (Å²) in [6.45, 7) is 8.78. The van der Waals surface area contributed by atoms with Gasteiger partial charge >= 0.3 is 0 Å². The van der Waals surface area contributed by atoms with E-state index in [9.17, 15) is 8.42 Å². The molecule has 0 bridgehead atoms. The van der Waals surface area contributed by atoms with Gasteiger partial charge in [-0.05, 0) is 20.8 Å². The molecular weight excluding hydrogens is 252 g/mol. The van der Waals surface area contributed by atoms with Crippen LogP contribution < -0.4 is 5.32 Å². The number of hydrogen-bond acceptors (Lipinski definition) is 5. The molecule has 18 heavy (non-hydrogen) atoms. The van der Waals surface area contributed by atoms with Crippen LogP contribution in [0.1, 0.15) is 33.5 Å². The van der Waals surface area contributed by atoms with Crippen LogP contribution in [0, 0.1) is 0 Å². The van der Waals surface area contributed by atoms with E-state index in [2.05, 4.69) is 36.2 Å². The Morgan fingerprint density at radius 2 is 2.06 bits per heavy atom. The summed E-state index contributed by atoms with van der Waals surface area (Å²) in [4.78, 5) is 4.14. The van der Waals surface area contributed by atoms with Crippen LogP contribution in [0.25, 0.3) is 0 Å². The van der Waals surface area contributed by atoms with Gasteiger partial charge in [0.1, 0.15) is 12.2 Å². The molecule has 1 aromatic rings. The third kappa shape index (κ3) is 5.14. The Labute approximate surface area is 109 Å². The minimum absolute atomic E-state index is 0.00766. The Morgan fingerprint density at radius 1 is 1.39 bits per heavy atom. The molecular formula is C11H22N4O2S. The van der Waals surface area contributed by atoms with E-state index in [1.807, 2.05) is 0 Å². The van der Waals surface area contributed by atoms with Crippen molar-refractivity contribution in [2.24, 2.45) is 0 Å². The fourth-order valence-electron chi connectivity index (χ4n) is 1.33. The highest BCUT2D eigenvalue weighted by molar-refractivity contribution is 7.91. The molecule has 0 aliphatic rings. The number of rotatable bonds is 6. The van der Waals surface area contributed by atoms with Crippen molar-refractivity contribution in [3.8, 4) is 0 Å². The summed E-state index contributed by atoms with van der Waals surface area (Å²) in [6.07, 6.45) is 1.46. The van der Waals surface area contributed by atoms with Crippen molar-refractivity contribution in [1.29, 1.82) is 0 Å². The van der Waals surface area contributed by atoms with E-state index in [4.69, 9.17) is 0 Å². The highest BCUT2D eigenvalue weighted by Crippen LogP contribution is 2.02. The molecule has 0 atom stereocenters. The molecule has 0 spiro atoms. The van der Waals surface area contributed by atoms with E-state index < -0.39 is 9.84 Å². The van der Waals surface area contributed by atoms with Crippen molar-refractivity contribution in [2.45, 2.75) is 46.3 Å². The molecule has 0 radical (unpaired) electrons. The monoisotopic (exact) mass is 274 g/mol. The zero-order valence-electron chi connectivity index (χ0n) is 11.5. The summed E-state index contributed by atoms with van der Waals surface area (Å²) in [5.74, 6) is 1.03. The highest BCUT2D eigenvalue weighted by Gasteiger charge is 2.13. The Bertz CT molecular complexity index is 473. The summed E-state index contributed by atoms with van der Waals surface area (Å²) >= 11 is 0. The number of aryl methyl sites for hydroxylation is 1. The Morgan fingerprint density at radius 3 is 2.61 bits per heavy atom. The summed E-state index contributed by atoms with van der Waals surface area (Å²) in [5, 5.41) is 7.36. The van der Waals surface area contributed by atoms with Gasteiger partial charge in [0.15, 0.2) is 9.84 Å². The Balaban J connectivity index is 2.61. The first-order valence-electron chi connectivity index (χ1n) is 6.05. The van der Waals surface area contributed by atoms with Crippen molar-refractivity contribution in [2.75, 3.05) is 11.5 Å². The summed E-state index contributed by atoms with van der Waals surface area (Å²) in [6, 6.07) is 0. The standard InChI is InChI=1S/C11H22N4O2S/c1-5-18(16,17)7-6-15-10(12-9-14-15)8-13-11(2,3)4/h9,13H,5-8H2,1-4H3. The summed E-state index contributed by atoms with van der Waals surface area (Å²) < 4.78 is 24.5. The van der Waals surface area contributed by atoms with Crippen molar-refractivity contribution < 1.29 is 8.42 Å². The fraction of sp³-hybridized carbons (Fsp3) is 0.818. The van der Waals surface area contributed by atoms with Gasteiger partial charge < -0.3 is 5.32 Å². The number of nitrogens with zero attached hydrogens (tertiary/aromatic N) is 3. The van der Waals surface area contributed by atoms with Gasteiger partial charge in [0.25, 0.3) is 0 Å².